The largest absolute Gasteiger partial charge is 0.494 e. The second-order valence-electron chi connectivity index (χ2n) is 11.0. The van der Waals surface area contributed by atoms with Gasteiger partial charge in [0.1, 0.15) is 5.75 Å². The number of hydrogen-bond donors (Lipinski definition) is 1. The summed E-state index contributed by atoms with van der Waals surface area (Å²) in [7, 11) is 0. The van der Waals surface area contributed by atoms with Crippen LogP contribution in [0, 0.1) is 5.92 Å². The summed E-state index contributed by atoms with van der Waals surface area (Å²) < 4.78 is 7.79. The number of hydrogen-bond acceptors (Lipinski definition) is 4. The molecule has 1 N–H and O–H groups in total. The van der Waals surface area contributed by atoms with Gasteiger partial charge < -0.3 is 10.1 Å². The molecule has 6 nitrogen and oxygen atoms in total. The van der Waals surface area contributed by atoms with Crippen LogP contribution in [-0.2, 0) is 6.54 Å². The molecule has 6 rings (SSSR count). The van der Waals surface area contributed by atoms with E-state index in [-0.39, 0.29) is 5.91 Å². The van der Waals surface area contributed by atoms with Crippen LogP contribution in [0.2, 0.25) is 0 Å². The number of carbonyl (C=O) groups is 1. The minimum absolute atomic E-state index is 0.164. The molecule has 2 aromatic heterocycles. The highest BCUT2D eigenvalue weighted by Gasteiger charge is 2.17. The lowest BCUT2D eigenvalue weighted by molar-refractivity contribution is 0.0952. The molecular formula is C37H34N4O2. The molecule has 0 spiro atoms. The van der Waals surface area contributed by atoms with Crippen LogP contribution >= 0.6 is 0 Å². The zero-order chi connectivity index (χ0) is 29.6. The summed E-state index contributed by atoms with van der Waals surface area (Å²) in [5.74, 6) is 1.26. The van der Waals surface area contributed by atoms with E-state index in [9.17, 15) is 4.79 Å². The van der Waals surface area contributed by atoms with E-state index in [2.05, 4.69) is 19.2 Å². The molecule has 0 unspecified atom stereocenters. The summed E-state index contributed by atoms with van der Waals surface area (Å²) in [5.41, 5.74) is 6.71. The van der Waals surface area contributed by atoms with Crippen molar-refractivity contribution in [2.24, 2.45) is 5.92 Å². The SMILES string of the molecule is CC(C)CCOc1ccc(-c2nn(-c3ccccc3)cc2CNC(=O)c2cc(-c3ccccc3)nc3ccccc23)cc1. The van der Waals surface area contributed by atoms with E-state index in [0.29, 0.717) is 24.6 Å². The predicted octanol–water partition coefficient (Wildman–Crippen LogP) is 8.11. The maximum Gasteiger partial charge on any atom is 0.252 e. The highest BCUT2D eigenvalue weighted by atomic mass is 16.5. The molecule has 0 fully saturated rings. The van der Waals surface area contributed by atoms with Gasteiger partial charge in [0.2, 0.25) is 0 Å². The molecule has 2 heterocycles. The summed E-state index contributed by atoms with van der Waals surface area (Å²) >= 11 is 0. The van der Waals surface area contributed by atoms with Gasteiger partial charge in [-0.15, -0.1) is 0 Å². The Hall–Kier alpha value is -5.23. The zero-order valence-electron chi connectivity index (χ0n) is 24.4. The Balaban J connectivity index is 1.29. The third-order valence-electron chi connectivity index (χ3n) is 7.37. The van der Waals surface area contributed by atoms with Crippen LogP contribution in [-0.4, -0.2) is 27.3 Å². The molecule has 43 heavy (non-hydrogen) atoms. The van der Waals surface area contributed by atoms with E-state index in [1.807, 2.05) is 126 Å². The predicted molar refractivity (Wildman–Crippen MR) is 172 cm³/mol. The van der Waals surface area contributed by atoms with Crippen molar-refractivity contribution in [1.82, 2.24) is 20.1 Å². The normalized spacial score (nSPS) is 11.1. The lowest BCUT2D eigenvalue weighted by atomic mass is 10.0. The fraction of sp³-hybridized carbons (Fsp3) is 0.162. The molecule has 0 bridgehead atoms. The minimum atomic E-state index is -0.164. The number of aromatic nitrogens is 3. The van der Waals surface area contributed by atoms with Crippen molar-refractivity contribution in [3.63, 3.8) is 0 Å². The third-order valence-corrected chi connectivity index (χ3v) is 7.37. The Morgan fingerprint density at radius 1 is 0.837 bits per heavy atom. The van der Waals surface area contributed by atoms with Crippen molar-refractivity contribution in [2.75, 3.05) is 6.61 Å². The van der Waals surface area contributed by atoms with Crippen LogP contribution in [0.25, 0.3) is 39.1 Å². The fourth-order valence-electron chi connectivity index (χ4n) is 5.01. The second-order valence-corrected chi connectivity index (χ2v) is 11.0. The number of para-hydroxylation sites is 2. The molecule has 6 aromatic rings. The number of amides is 1. The molecule has 0 atom stereocenters. The van der Waals surface area contributed by atoms with E-state index in [4.69, 9.17) is 14.8 Å². The topological polar surface area (TPSA) is 69.0 Å². The highest BCUT2D eigenvalue weighted by molar-refractivity contribution is 6.07. The Labute approximate surface area is 252 Å². The van der Waals surface area contributed by atoms with E-state index in [1.165, 1.54) is 0 Å². The number of nitrogens with one attached hydrogen (secondary N) is 1. The van der Waals surface area contributed by atoms with E-state index in [0.717, 1.165) is 56.8 Å². The smallest absolute Gasteiger partial charge is 0.252 e. The van der Waals surface area contributed by atoms with Gasteiger partial charge in [-0.3, -0.25) is 4.79 Å². The zero-order valence-corrected chi connectivity index (χ0v) is 24.4. The standard InChI is InChI=1S/C37H34N4O2/c1-26(2)21-22-43-31-19-17-28(18-20-31)36-29(25-41(40-36)30-13-7-4-8-14-30)24-38-37(42)33-23-35(27-11-5-3-6-12-27)39-34-16-10-9-15-32(33)34/h3-20,23,25-26H,21-22,24H2,1-2H3,(H,38,42). The Morgan fingerprint density at radius 3 is 2.28 bits per heavy atom. The van der Waals surface area contributed by atoms with Crippen LogP contribution < -0.4 is 10.1 Å². The van der Waals surface area contributed by atoms with Crippen molar-refractivity contribution in [3.8, 4) is 34.0 Å². The summed E-state index contributed by atoms with van der Waals surface area (Å²) in [5, 5.41) is 8.91. The van der Waals surface area contributed by atoms with Gasteiger partial charge in [-0.25, -0.2) is 9.67 Å². The first-order valence-corrected chi connectivity index (χ1v) is 14.7. The highest BCUT2D eigenvalue weighted by Crippen LogP contribution is 2.28. The maximum absolute atomic E-state index is 13.8. The summed E-state index contributed by atoms with van der Waals surface area (Å²) in [4.78, 5) is 18.6. The molecule has 214 valence electrons. The van der Waals surface area contributed by atoms with Gasteiger partial charge in [0.15, 0.2) is 0 Å². The first-order chi connectivity index (χ1) is 21.0. The number of carbonyl (C=O) groups excluding carboxylic acids is 1. The number of rotatable bonds is 10. The summed E-state index contributed by atoms with van der Waals surface area (Å²) in [6.07, 6.45) is 2.99. The first kappa shape index (κ1) is 27.9. The molecule has 0 radical (unpaired) electrons. The van der Waals surface area contributed by atoms with Crippen molar-refractivity contribution < 1.29 is 9.53 Å². The molecule has 0 saturated carbocycles. The van der Waals surface area contributed by atoms with Crippen molar-refractivity contribution in [3.05, 3.63) is 133 Å². The lowest BCUT2D eigenvalue weighted by Gasteiger charge is -2.11. The molecule has 0 saturated heterocycles. The van der Waals surface area contributed by atoms with E-state index < -0.39 is 0 Å². The van der Waals surface area contributed by atoms with Gasteiger partial charge in [0.05, 0.1) is 34.8 Å². The minimum Gasteiger partial charge on any atom is -0.494 e. The molecule has 0 aliphatic heterocycles. The van der Waals surface area contributed by atoms with Crippen LogP contribution in [0.3, 0.4) is 0 Å². The lowest BCUT2D eigenvalue weighted by Crippen LogP contribution is -2.23. The number of pyridine rings is 1. The van der Waals surface area contributed by atoms with E-state index >= 15 is 0 Å². The number of benzene rings is 4. The van der Waals surface area contributed by atoms with Crippen LogP contribution in [0.15, 0.2) is 121 Å². The van der Waals surface area contributed by atoms with Crippen molar-refractivity contribution in [1.29, 1.82) is 0 Å². The van der Waals surface area contributed by atoms with E-state index in [1.54, 1.807) is 0 Å². The Morgan fingerprint density at radius 2 is 1.53 bits per heavy atom. The van der Waals surface area contributed by atoms with Crippen LogP contribution in [0.4, 0.5) is 0 Å². The van der Waals surface area contributed by atoms with Gasteiger partial charge in [0.25, 0.3) is 5.91 Å². The molecule has 0 aliphatic rings. The van der Waals surface area contributed by atoms with Gasteiger partial charge in [0, 0.05) is 34.8 Å². The van der Waals surface area contributed by atoms with Crippen molar-refractivity contribution in [2.45, 2.75) is 26.8 Å². The quantitative estimate of drug-likeness (QED) is 0.182. The van der Waals surface area contributed by atoms with Crippen molar-refractivity contribution >= 4 is 16.8 Å². The first-order valence-electron chi connectivity index (χ1n) is 14.7. The maximum atomic E-state index is 13.8. The van der Waals surface area contributed by atoms with Gasteiger partial charge in [-0.2, -0.15) is 5.10 Å². The third kappa shape index (κ3) is 6.49. The molecule has 4 aromatic carbocycles. The second kappa shape index (κ2) is 12.7. The Kier molecular flexibility index (Phi) is 8.27. The number of ether oxygens (including phenoxy) is 1. The van der Waals surface area contributed by atoms with Gasteiger partial charge in [-0.05, 0) is 60.9 Å². The summed E-state index contributed by atoms with van der Waals surface area (Å²) in [6, 6.07) is 37.5. The monoisotopic (exact) mass is 566 g/mol. The van der Waals surface area contributed by atoms with Crippen LogP contribution in [0.1, 0.15) is 36.2 Å². The summed E-state index contributed by atoms with van der Waals surface area (Å²) in [6.45, 7) is 5.38. The molecule has 6 heteroatoms. The number of fused-ring (bicyclic) bond motifs is 1. The average molecular weight is 567 g/mol. The average Bonchev–Trinajstić information content (AvgIpc) is 3.48. The number of nitrogens with zero attached hydrogens (tertiary/aromatic N) is 3. The molecular weight excluding hydrogens is 532 g/mol. The van der Waals surface area contributed by atoms with Gasteiger partial charge in [-0.1, -0.05) is 80.6 Å². The van der Waals surface area contributed by atoms with Crippen LogP contribution in [0.5, 0.6) is 5.75 Å². The fourth-order valence-corrected chi connectivity index (χ4v) is 5.01. The molecule has 0 aliphatic carbocycles. The Bertz CT molecular complexity index is 1830. The molecule has 1 amide bonds. The van der Waals surface area contributed by atoms with Gasteiger partial charge >= 0.3 is 0 Å².